The maximum atomic E-state index is 11.0. The van der Waals surface area contributed by atoms with Gasteiger partial charge in [-0.1, -0.05) is 15.9 Å². The van der Waals surface area contributed by atoms with Crippen molar-refractivity contribution in [2.75, 3.05) is 0 Å². The van der Waals surface area contributed by atoms with Gasteiger partial charge in [0.2, 0.25) is 0 Å². The first-order valence-corrected chi connectivity index (χ1v) is 6.49. The summed E-state index contributed by atoms with van der Waals surface area (Å²) in [6, 6.07) is 5.06. The number of nitrogens with zero attached hydrogens (tertiary/aromatic N) is 2. The molecule has 1 aromatic carbocycles. The van der Waals surface area contributed by atoms with Crippen LogP contribution in [0.5, 0.6) is 0 Å². The smallest absolute Gasteiger partial charge is 0.275 e. The van der Waals surface area contributed by atoms with Gasteiger partial charge in [0, 0.05) is 40.4 Å². The highest BCUT2D eigenvalue weighted by Gasteiger charge is 2.13. The number of hydrogen-bond acceptors (Lipinski definition) is 4. The van der Waals surface area contributed by atoms with Crippen molar-refractivity contribution in [1.29, 1.82) is 0 Å². The zero-order chi connectivity index (χ0) is 13.8. The number of nitrogens with one attached hydrogen (secondary N) is 2. The Morgan fingerprint density at radius 3 is 2.79 bits per heavy atom. The second-order valence-corrected chi connectivity index (χ2v) is 5.07. The summed E-state index contributed by atoms with van der Waals surface area (Å²) in [5, 5.41) is 20.9. The van der Waals surface area contributed by atoms with E-state index in [-0.39, 0.29) is 10.6 Å². The SMILES string of the molecule is Cc1[nH]ncc1CNCc1ccc(Br)cc1[N+](=O)[O-]. The van der Waals surface area contributed by atoms with E-state index in [9.17, 15) is 10.1 Å². The number of hydrogen-bond donors (Lipinski definition) is 2. The molecule has 0 radical (unpaired) electrons. The minimum Gasteiger partial charge on any atom is -0.308 e. The predicted octanol–water partition coefficient (Wildman–Crippen LogP) is 2.68. The highest BCUT2D eigenvalue weighted by atomic mass is 79.9. The second kappa shape index (κ2) is 5.94. The van der Waals surface area contributed by atoms with Crippen molar-refractivity contribution in [3.63, 3.8) is 0 Å². The Balaban J connectivity index is 2.03. The van der Waals surface area contributed by atoms with Crippen molar-refractivity contribution in [1.82, 2.24) is 15.5 Å². The molecule has 7 heteroatoms. The van der Waals surface area contributed by atoms with E-state index < -0.39 is 0 Å². The van der Waals surface area contributed by atoms with Crippen molar-refractivity contribution < 1.29 is 4.92 Å². The molecule has 100 valence electrons. The standard InChI is InChI=1S/C12H13BrN4O2/c1-8-10(7-15-16-8)6-14-5-9-2-3-11(13)4-12(9)17(18)19/h2-4,7,14H,5-6H2,1H3,(H,15,16). The Hall–Kier alpha value is -1.73. The van der Waals surface area contributed by atoms with Crippen molar-refractivity contribution in [2.45, 2.75) is 20.0 Å². The van der Waals surface area contributed by atoms with E-state index >= 15 is 0 Å². The molecule has 6 nitrogen and oxygen atoms in total. The van der Waals surface area contributed by atoms with Crippen LogP contribution >= 0.6 is 15.9 Å². The number of H-pyrrole nitrogens is 1. The first-order chi connectivity index (χ1) is 9.08. The second-order valence-electron chi connectivity index (χ2n) is 4.15. The Morgan fingerprint density at radius 1 is 1.42 bits per heavy atom. The summed E-state index contributed by atoms with van der Waals surface area (Å²) in [5.74, 6) is 0. The van der Waals surface area contributed by atoms with Crippen LogP contribution in [0.4, 0.5) is 5.69 Å². The molecule has 0 atom stereocenters. The van der Waals surface area contributed by atoms with Crippen LogP contribution in [0.25, 0.3) is 0 Å². The van der Waals surface area contributed by atoms with Crippen LogP contribution in [0, 0.1) is 17.0 Å². The third-order valence-electron chi connectivity index (χ3n) is 2.81. The lowest BCUT2D eigenvalue weighted by Crippen LogP contribution is -2.14. The summed E-state index contributed by atoms with van der Waals surface area (Å²) in [6.45, 7) is 3.00. The van der Waals surface area contributed by atoms with Crippen LogP contribution in [0.2, 0.25) is 0 Å². The summed E-state index contributed by atoms with van der Waals surface area (Å²) in [5.41, 5.74) is 2.83. The number of aromatic nitrogens is 2. The third-order valence-corrected chi connectivity index (χ3v) is 3.30. The summed E-state index contributed by atoms with van der Waals surface area (Å²) in [7, 11) is 0. The maximum Gasteiger partial charge on any atom is 0.275 e. The van der Waals surface area contributed by atoms with Crippen molar-refractivity contribution in [2.24, 2.45) is 0 Å². The Kier molecular flexibility index (Phi) is 4.28. The topological polar surface area (TPSA) is 83.8 Å². The van der Waals surface area contributed by atoms with Crippen molar-refractivity contribution >= 4 is 21.6 Å². The molecule has 0 unspecified atom stereocenters. The quantitative estimate of drug-likeness (QED) is 0.654. The first kappa shape index (κ1) is 13.7. The van der Waals surface area contributed by atoms with Crippen LogP contribution in [0.1, 0.15) is 16.8 Å². The molecular formula is C12H13BrN4O2. The average molecular weight is 325 g/mol. The molecular weight excluding hydrogens is 312 g/mol. The summed E-state index contributed by atoms with van der Waals surface area (Å²) < 4.78 is 0.702. The largest absolute Gasteiger partial charge is 0.308 e. The molecule has 2 rings (SSSR count). The molecule has 0 aliphatic carbocycles. The average Bonchev–Trinajstić information content (AvgIpc) is 2.77. The van der Waals surface area contributed by atoms with E-state index in [1.165, 1.54) is 6.07 Å². The van der Waals surface area contributed by atoms with Crippen LogP contribution in [0.15, 0.2) is 28.9 Å². The molecule has 0 fully saturated rings. The summed E-state index contributed by atoms with van der Waals surface area (Å²) >= 11 is 3.24. The fourth-order valence-corrected chi connectivity index (χ4v) is 2.09. The minimum atomic E-state index is -0.370. The maximum absolute atomic E-state index is 11.0. The van der Waals surface area contributed by atoms with Gasteiger partial charge in [0.1, 0.15) is 0 Å². The molecule has 2 N–H and O–H groups in total. The number of halogens is 1. The number of nitro benzene ring substituents is 1. The predicted molar refractivity (Wildman–Crippen MR) is 74.7 cm³/mol. The highest BCUT2D eigenvalue weighted by Crippen LogP contribution is 2.23. The van der Waals surface area contributed by atoms with E-state index in [4.69, 9.17) is 0 Å². The van der Waals surface area contributed by atoms with Crippen LogP contribution < -0.4 is 5.32 Å². The van der Waals surface area contributed by atoms with Gasteiger partial charge in [0.15, 0.2) is 0 Å². The van der Waals surface area contributed by atoms with Gasteiger partial charge in [-0.25, -0.2) is 0 Å². The molecule has 1 heterocycles. The molecule has 0 spiro atoms. The number of aromatic amines is 1. The normalized spacial score (nSPS) is 10.6. The van der Waals surface area contributed by atoms with Gasteiger partial charge in [0.25, 0.3) is 5.69 Å². The lowest BCUT2D eigenvalue weighted by atomic mass is 10.1. The van der Waals surface area contributed by atoms with Crippen LogP contribution in [-0.2, 0) is 13.1 Å². The van der Waals surface area contributed by atoms with E-state index in [2.05, 4.69) is 31.4 Å². The van der Waals surface area contributed by atoms with E-state index in [0.717, 1.165) is 11.3 Å². The number of benzene rings is 1. The fraction of sp³-hybridized carbons (Fsp3) is 0.250. The van der Waals surface area contributed by atoms with Crippen LogP contribution in [0.3, 0.4) is 0 Å². The summed E-state index contributed by atoms with van der Waals surface area (Å²) in [4.78, 5) is 10.6. The lowest BCUT2D eigenvalue weighted by Gasteiger charge is -2.05. The third kappa shape index (κ3) is 3.39. The molecule has 0 saturated carbocycles. The van der Waals surface area contributed by atoms with Gasteiger partial charge in [0.05, 0.1) is 11.1 Å². The molecule has 2 aromatic rings. The van der Waals surface area contributed by atoms with Gasteiger partial charge in [-0.2, -0.15) is 5.10 Å². The number of aryl methyl sites for hydroxylation is 1. The van der Waals surface area contributed by atoms with E-state index in [0.29, 0.717) is 23.1 Å². The van der Waals surface area contributed by atoms with Gasteiger partial charge in [-0.05, 0) is 19.1 Å². The van der Waals surface area contributed by atoms with Gasteiger partial charge in [-0.15, -0.1) is 0 Å². The lowest BCUT2D eigenvalue weighted by molar-refractivity contribution is -0.385. The molecule has 0 bridgehead atoms. The van der Waals surface area contributed by atoms with Crippen molar-refractivity contribution in [3.8, 4) is 0 Å². The molecule has 0 saturated heterocycles. The minimum absolute atomic E-state index is 0.116. The molecule has 19 heavy (non-hydrogen) atoms. The monoisotopic (exact) mass is 324 g/mol. The zero-order valence-corrected chi connectivity index (χ0v) is 11.9. The van der Waals surface area contributed by atoms with Gasteiger partial charge < -0.3 is 5.32 Å². The molecule has 0 aliphatic rings. The highest BCUT2D eigenvalue weighted by molar-refractivity contribution is 9.10. The van der Waals surface area contributed by atoms with Crippen molar-refractivity contribution in [3.05, 3.63) is 55.8 Å². The molecule has 0 amide bonds. The number of nitro groups is 1. The Morgan fingerprint density at radius 2 is 2.16 bits per heavy atom. The number of rotatable bonds is 5. The molecule has 1 aromatic heterocycles. The van der Waals surface area contributed by atoms with E-state index in [1.54, 1.807) is 18.3 Å². The Labute approximate surface area is 118 Å². The van der Waals surface area contributed by atoms with Gasteiger partial charge >= 0.3 is 0 Å². The summed E-state index contributed by atoms with van der Waals surface area (Å²) in [6.07, 6.45) is 1.75. The first-order valence-electron chi connectivity index (χ1n) is 5.70. The van der Waals surface area contributed by atoms with E-state index in [1.807, 2.05) is 6.92 Å². The Bertz CT molecular complexity index is 597. The van der Waals surface area contributed by atoms with Crippen LogP contribution in [-0.4, -0.2) is 15.1 Å². The fourth-order valence-electron chi connectivity index (χ4n) is 1.74. The zero-order valence-electron chi connectivity index (χ0n) is 10.3. The molecule has 0 aliphatic heterocycles. The van der Waals surface area contributed by atoms with Gasteiger partial charge in [-0.3, -0.25) is 15.2 Å².